The van der Waals surface area contributed by atoms with Crippen LogP contribution in [0.1, 0.15) is 132 Å². The van der Waals surface area contributed by atoms with E-state index in [2.05, 4.69) is 446 Å². The van der Waals surface area contributed by atoms with Crippen LogP contribution in [-0.2, 0) is 27.1 Å². The molecule has 0 spiro atoms. The van der Waals surface area contributed by atoms with Gasteiger partial charge in [0.15, 0.2) is 0 Å². The van der Waals surface area contributed by atoms with Gasteiger partial charge in [-0.05, 0) is 243 Å². The molecule has 530 valence electrons. The number of aromatic nitrogens is 1. The topological polar surface area (TPSA) is 11.4 Å². The summed E-state index contributed by atoms with van der Waals surface area (Å²) in [4.78, 5) is 5.11. The summed E-state index contributed by atoms with van der Waals surface area (Å²) in [5.74, 6) is 0. The number of fused-ring (bicyclic) bond motifs is 3. The number of hydrogen-bond donors (Lipinski definition) is 0. The zero-order valence-electron chi connectivity index (χ0n) is 65.0. The van der Waals surface area contributed by atoms with E-state index in [0.29, 0.717) is 0 Å². The Morgan fingerprint density at radius 3 is 0.897 bits per heavy atom. The molecular formula is C104H99N3. The van der Waals surface area contributed by atoms with Gasteiger partial charge in [0.05, 0.1) is 22.4 Å². The summed E-state index contributed by atoms with van der Waals surface area (Å²) in [6.07, 6.45) is 0. The SMILES string of the molecule is CC(C)(C)c1cc(N(c2cccc(-c3cc(C(C)(C)C)cc(C(C)(C)C)c3)c2)c2ccccc2-c2cc(-c3ccccc3)cc(-c3ccccc3)c2)cc(N(c2cccc(-n3c4ccc(C(C)(C)C)cc4c4cc(C(C)(C)C)ccc43)c2)c2ccccc2-c2cc(-c3ccccc3)cc(-c3ccccc3)c2)c1. The molecule has 0 radical (unpaired) electrons. The highest BCUT2D eigenvalue weighted by Gasteiger charge is 2.29. The van der Waals surface area contributed by atoms with Crippen LogP contribution in [0.15, 0.2) is 328 Å². The largest absolute Gasteiger partial charge is 0.310 e. The van der Waals surface area contributed by atoms with Crippen molar-refractivity contribution in [3.8, 4) is 83.6 Å². The van der Waals surface area contributed by atoms with Crippen LogP contribution in [0, 0.1) is 0 Å². The van der Waals surface area contributed by atoms with Gasteiger partial charge in [-0.25, -0.2) is 0 Å². The van der Waals surface area contributed by atoms with E-state index in [1.807, 2.05) is 0 Å². The summed E-state index contributed by atoms with van der Waals surface area (Å²) in [6, 6.07) is 124. The van der Waals surface area contributed by atoms with Crippen molar-refractivity contribution in [1.82, 2.24) is 4.57 Å². The first-order chi connectivity index (χ1) is 51.2. The van der Waals surface area contributed by atoms with Crippen molar-refractivity contribution in [1.29, 1.82) is 0 Å². The van der Waals surface area contributed by atoms with Gasteiger partial charge in [0.1, 0.15) is 0 Å². The van der Waals surface area contributed by atoms with Crippen LogP contribution < -0.4 is 9.80 Å². The Morgan fingerprint density at radius 1 is 0.196 bits per heavy atom. The van der Waals surface area contributed by atoms with E-state index in [1.165, 1.54) is 66.3 Å². The van der Waals surface area contributed by atoms with Crippen molar-refractivity contribution in [3.05, 3.63) is 355 Å². The van der Waals surface area contributed by atoms with Crippen molar-refractivity contribution >= 4 is 55.9 Å². The zero-order valence-corrected chi connectivity index (χ0v) is 65.0. The second kappa shape index (κ2) is 28.1. The van der Waals surface area contributed by atoms with Crippen molar-refractivity contribution in [3.63, 3.8) is 0 Å². The molecule has 3 heteroatoms. The molecule has 0 N–H and O–H groups in total. The number of anilines is 6. The smallest absolute Gasteiger partial charge is 0.0541 e. The van der Waals surface area contributed by atoms with E-state index in [-0.39, 0.29) is 27.1 Å². The Labute approximate surface area is 636 Å². The molecule has 0 unspecified atom stereocenters. The van der Waals surface area contributed by atoms with Gasteiger partial charge in [0.25, 0.3) is 0 Å². The number of benzene rings is 14. The fourth-order valence-corrected chi connectivity index (χ4v) is 15.2. The van der Waals surface area contributed by atoms with Gasteiger partial charge in [-0.1, -0.05) is 310 Å². The van der Waals surface area contributed by atoms with Gasteiger partial charge in [-0.3, -0.25) is 0 Å². The number of para-hydroxylation sites is 2. The maximum Gasteiger partial charge on any atom is 0.0541 e. The van der Waals surface area contributed by atoms with E-state index in [4.69, 9.17) is 0 Å². The summed E-state index contributed by atoms with van der Waals surface area (Å²) >= 11 is 0. The molecule has 0 amide bonds. The van der Waals surface area contributed by atoms with Crippen LogP contribution >= 0.6 is 0 Å². The first-order valence-electron chi connectivity index (χ1n) is 38.1. The normalized spacial score (nSPS) is 12.3. The summed E-state index contributed by atoms with van der Waals surface area (Å²) in [7, 11) is 0. The molecule has 1 heterocycles. The second-order valence-electron chi connectivity index (χ2n) is 34.4. The molecule has 0 saturated carbocycles. The Hall–Kier alpha value is -11.5. The van der Waals surface area contributed by atoms with Crippen molar-refractivity contribution in [2.45, 2.75) is 131 Å². The van der Waals surface area contributed by atoms with Gasteiger partial charge in [-0.2, -0.15) is 0 Å². The lowest BCUT2D eigenvalue weighted by molar-refractivity contribution is 0.569. The standard InChI is InChI=1S/C104H99N3/c1-100(2,3)82-50-52-98-94(66-82)95-67-83(101(4,5)6)51-53-99(95)107(98)89-45-33-44-88(68-89)106(97-49-31-29-47-93(97)81-58-77(72-38-24-18-25-39-72)55-78(59-81)73-40-26-19-27-41-73)91-65-86(104(13,14)15)64-90(69-91)105(87-43-32-42-74(62-87)79-60-84(102(7,8)9)63-85(61-79)103(10,11)12)96-48-30-28-46-92(96)80-56-75(70-34-20-16-21-35-70)54-76(57-80)71-36-22-17-23-37-71/h16-69H,1-15H3. The molecule has 15 rings (SSSR count). The maximum absolute atomic E-state index is 2.56. The third-order valence-electron chi connectivity index (χ3n) is 21.4. The molecule has 15 aromatic rings. The van der Waals surface area contributed by atoms with E-state index < -0.39 is 0 Å². The Balaban J connectivity index is 1.03. The van der Waals surface area contributed by atoms with Crippen LogP contribution in [-0.4, -0.2) is 4.57 Å². The highest BCUT2D eigenvalue weighted by molar-refractivity contribution is 6.10. The molecule has 107 heavy (non-hydrogen) atoms. The molecule has 14 aromatic carbocycles. The van der Waals surface area contributed by atoms with Gasteiger partial charge in [0, 0.05) is 50.3 Å². The average molecular weight is 1390 g/mol. The Morgan fingerprint density at radius 2 is 0.514 bits per heavy atom. The van der Waals surface area contributed by atoms with Gasteiger partial charge in [-0.15, -0.1) is 0 Å². The monoisotopic (exact) mass is 1390 g/mol. The summed E-state index contributed by atoms with van der Waals surface area (Å²) < 4.78 is 2.51. The predicted molar refractivity (Wildman–Crippen MR) is 462 cm³/mol. The molecule has 0 atom stereocenters. The highest BCUT2D eigenvalue weighted by Crippen LogP contribution is 2.51. The van der Waals surface area contributed by atoms with Crippen molar-refractivity contribution < 1.29 is 0 Å². The molecule has 0 aliphatic carbocycles. The third kappa shape index (κ3) is 14.7. The highest BCUT2D eigenvalue weighted by atomic mass is 15.2. The van der Waals surface area contributed by atoms with Crippen LogP contribution in [0.25, 0.3) is 105 Å². The van der Waals surface area contributed by atoms with E-state index in [0.717, 1.165) is 101 Å². The lowest BCUT2D eigenvalue weighted by Crippen LogP contribution is -2.18. The Kier molecular flexibility index (Phi) is 18.7. The van der Waals surface area contributed by atoms with Crippen LogP contribution in [0.5, 0.6) is 0 Å². The van der Waals surface area contributed by atoms with Crippen LogP contribution in [0.4, 0.5) is 34.1 Å². The van der Waals surface area contributed by atoms with E-state index >= 15 is 0 Å². The predicted octanol–water partition coefficient (Wildman–Crippen LogP) is 29.9. The maximum atomic E-state index is 2.56. The minimum Gasteiger partial charge on any atom is -0.310 e. The lowest BCUT2D eigenvalue weighted by Gasteiger charge is -2.34. The number of nitrogens with zero attached hydrogens (tertiary/aromatic N) is 3. The fraction of sp³-hybridized carbons (Fsp3) is 0.192. The number of rotatable bonds is 14. The summed E-state index contributed by atoms with van der Waals surface area (Å²) in [5, 5.41) is 2.51. The molecular weight excluding hydrogens is 1290 g/mol. The first kappa shape index (κ1) is 71.1. The third-order valence-corrected chi connectivity index (χ3v) is 21.4. The summed E-state index contributed by atoms with van der Waals surface area (Å²) in [6.45, 7) is 35.0. The van der Waals surface area contributed by atoms with Gasteiger partial charge >= 0.3 is 0 Å². The molecule has 0 aliphatic heterocycles. The van der Waals surface area contributed by atoms with Crippen molar-refractivity contribution in [2.75, 3.05) is 9.80 Å². The van der Waals surface area contributed by atoms with E-state index in [1.54, 1.807) is 0 Å². The molecule has 1 aromatic heterocycles. The van der Waals surface area contributed by atoms with Crippen LogP contribution in [0.2, 0.25) is 0 Å². The molecule has 0 fully saturated rings. The molecule has 0 saturated heterocycles. The van der Waals surface area contributed by atoms with E-state index in [9.17, 15) is 0 Å². The molecule has 0 aliphatic rings. The first-order valence-corrected chi connectivity index (χ1v) is 38.1. The fourth-order valence-electron chi connectivity index (χ4n) is 15.2. The second-order valence-corrected chi connectivity index (χ2v) is 34.4. The summed E-state index contributed by atoms with van der Waals surface area (Å²) in [5.41, 5.74) is 31.6. The van der Waals surface area contributed by atoms with Crippen molar-refractivity contribution in [2.24, 2.45) is 0 Å². The minimum atomic E-state index is -0.328. The average Bonchev–Trinajstić information content (AvgIpc) is 1.57. The quantitative estimate of drug-likeness (QED) is 0.107. The van der Waals surface area contributed by atoms with Gasteiger partial charge < -0.3 is 14.4 Å². The zero-order chi connectivity index (χ0) is 74.7. The molecule has 3 nitrogen and oxygen atoms in total. The lowest BCUT2D eigenvalue weighted by atomic mass is 9.79. The molecule has 0 bridgehead atoms. The number of hydrogen-bond acceptors (Lipinski definition) is 2. The van der Waals surface area contributed by atoms with Gasteiger partial charge in [0.2, 0.25) is 0 Å². The van der Waals surface area contributed by atoms with Crippen LogP contribution in [0.3, 0.4) is 0 Å². The Bertz CT molecular complexity index is 5540. The minimum absolute atomic E-state index is 0.0466.